The maximum absolute atomic E-state index is 12.6. The Balaban J connectivity index is 1.32. The van der Waals surface area contributed by atoms with Crippen molar-refractivity contribution in [1.29, 1.82) is 0 Å². The Morgan fingerprint density at radius 1 is 1.33 bits per heavy atom. The number of para-hydroxylation sites is 2. The van der Waals surface area contributed by atoms with Gasteiger partial charge in [0.25, 0.3) is 5.22 Å². The van der Waals surface area contributed by atoms with E-state index < -0.39 is 0 Å². The van der Waals surface area contributed by atoms with Gasteiger partial charge < -0.3 is 14.1 Å². The Kier molecular flexibility index (Phi) is 5.58. The third kappa shape index (κ3) is 4.59. The minimum atomic E-state index is -0.0989. The zero-order chi connectivity index (χ0) is 18.6. The largest absolute Gasteiger partial charge is 0.458 e. The third-order valence-electron chi connectivity index (χ3n) is 4.19. The van der Waals surface area contributed by atoms with Crippen LogP contribution in [0, 0.1) is 0 Å². The van der Waals surface area contributed by atoms with Crippen molar-refractivity contribution in [3.05, 3.63) is 41.1 Å². The van der Waals surface area contributed by atoms with Crippen LogP contribution in [0.3, 0.4) is 0 Å². The zero-order valence-corrected chi connectivity index (χ0v) is 16.8. The summed E-state index contributed by atoms with van der Waals surface area (Å²) in [5.41, 5.74) is 1.53. The number of likely N-dealkylation sites (tertiary alicyclic amines) is 1. The number of halogens is 1. The van der Waals surface area contributed by atoms with E-state index in [1.54, 1.807) is 12.4 Å². The van der Waals surface area contributed by atoms with E-state index in [-0.39, 0.29) is 17.8 Å². The van der Waals surface area contributed by atoms with E-state index >= 15 is 0 Å². The number of hydrogen-bond acceptors (Lipinski definition) is 7. The van der Waals surface area contributed by atoms with Gasteiger partial charge in [0.2, 0.25) is 5.91 Å². The fraction of sp³-hybridized carbons (Fsp3) is 0.333. The number of thioether (sulfide) groups is 1. The van der Waals surface area contributed by atoms with E-state index in [1.165, 1.54) is 11.8 Å². The normalized spacial score (nSPS) is 17.2. The van der Waals surface area contributed by atoms with E-state index in [4.69, 9.17) is 9.15 Å². The van der Waals surface area contributed by atoms with Crippen molar-refractivity contribution in [3.8, 4) is 6.01 Å². The summed E-state index contributed by atoms with van der Waals surface area (Å²) in [6.07, 6.45) is 4.95. The molecular formula is C18H17BrN4O3S. The van der Waals surface area contributed by atoms with Gasteiger partial charge in [-0.1, -0.05) is 23.9 Å². The molecular weight excluding hydrogens is 432 g/mol. The second-order valence-electron chi connectivity index (χ2n) is 6.14. The van der Waals surface area contributed by atoms with Crippen LogP contribution in [-0.4, -0.2) is 50.7 Å². The van der Waals surface area contributed by atoms with Crippen molar-refractivity contribution in [2.45, 2.75) is 24.2 Å². The molecule has 0 N–H and O–H groups in total. The molecule has 9 heteroatoms. The molecule has 140 valence electrons. The molecule has 3 heterocycles. The lowest BCUT2D eigenvalue weighted by atomic mass is 10.1. The molecule has 1 atom stereocenters. The number of carbonyl (C=O) groups excluding carboxylic acids is 1. The quantitative estimate of drug-likeness (QED) is 0.551. The van der Waals surface area contributed by atoms with Crippen LogP contribution in [0.4, 0.5) is 0 Å². The molecule has 0 unspecified atom stereocenters. The molecule has 1 aromatic carbocycles. The molecule has 0 saturated carbocycles. The Morgan fingerprint density at radius 3 is 2.96 bits per heavy atom. The smallest absolute Gasteiger partial charge is 0.316 e. The van der Waals surface area contributed by atoms with Crippen LogP contribution in [0.5, 0.6) is 6.01 Å². The first-order chi connectivity index (χ1) is 13.2. The van der Waals surface area contributed by atoms with Crippen molar-refractivity contribution in [2.75, 3.05) is 18.8 Å². The number of hydrogen-bond donors (Lipinski definition) is 0. The lowest BCUT2D eigenvalue weighted by molar-refractivity contribution is -0.131. The lowest BCUT2D eigenvalue weighted by Gasteiger charge is -2.32. The fourth-order valence-corrected chi connectivity index (χ4v) is 3.84. The summed E-state index contributed by atoms with van der Waals surface area (Å²) in [6, 6.07) is 7.90. The van der Waals surface area contributed by atoms with E-state index in [1.807, 2.05) is 29.2 Å². The number of nitrogens with zero attached hydrogens (tertiary/aromatic N) is 4. The van der Waals surface area contributed by atoms with E-state index in [0.29, 0.717) is 17.8 Å². The first-order valence-corrected chi connectivity index (χ1v) is 10.4. The van der Waals surface area contributed by atoms with Gasteiger partial charge in [-0.15, -0.1) is 0 Å². The molecule has 27 heavy (non-hydrogen) atoms. The number of fused-ring (bicyclic) bond motifs is 1. The number of rotatable bonds is 5. The van der Waals surface area contributed by atoms with Gasteiger partial charge in [-0.05, 0) is 40.9 Å². The van der Waals surface area contributed by atoms with Crippen LogP contribution in [0.15, 0.2) is 50.8 Å². The maximum Gasteiger partial charge on any atom is 0.316 e. The second kappa shape index (κ2) is 8.26. The van der Waals surface area contributed by atoms with Crippen molar-refractivity contribution in [3.63, 3.8) is 0 Å². The van der Waals surface area contributed by atoms with Crippen LogP contribution in [0.2, 0.25) is 0 Å². The molecule has 0 radical (unpaired) electrons. The predicted molar refractivity (Wildman–Crippen MR) is 105 cm³/mol. The molecule has 1 aliphatic heterocycles. The van der Waals surface area contributed by atoms with E-state index in [0.717, 1.165) is 35.0 Å². The molecule has 1 saturated heterocycles. The van der Waals surface area contributed by atoms with Crippen LogP contribution in [-0.2, 0) is 4.79 Å². The molecule has 2 aromatic heterocycles. The minimum absolute atomic E-state index is 0.0484. The van der Waals surface area contributed by atoms with Crippen LogP contribution < -0.4 is 4.74 Å². The summed E-state index contributed by atoms with van der Waals surface area (Å²) in [5.74, 6) is 0.334. The first-order valence-electron chi connectivity index (χ1n) is 8.58. The average molecular weight is 449 g/mol. The van der Waals surface area contributed by atoms with Crippen molar-refractivity contribution in [2.24, 2.45) is 0 Å². The number of amides is 1. The maximum atomic E-state index is 12.6. The van der Waals surface area contributed by atoms with Gasteiger partial charge in [0.05, 0.1) is 16.8 Å². The number of benzene rings is 1. The van der Waals surface area contributed by atoms with Gasteiger partial charge in [0.15, 0.2) is 5.58 Å². The SMILES string of the molecule is O=C(CSc1nc2ccccc2o1)N1CCC[C@H](Oc2ncc(Br)cn2)C1. The highest BCUT2D eigenvalue weighted by Gasteiger charge is 2.26. The molecule has 3 aromatic rings. The third-order valence-corrected chi connectivity index (χ3v) is 5.42. The monoisotopic (exact) mass is 448 g/mol. The minimum Gasteiger partial charge on any atom is -0.458 e. The Labute approximate surface area is 168 Å². The predicted octanol–water partition coefficient (Wildman–Crippen LogP) is 3.54. The fourth-order valence-electron chi connectivity index (χ4n) is 2.90. The van der Waals surface area contributed by atoms with Crippen molar-refractivity contribution >= 4 is 44.7 Å². The van der Waals surface area contributed by atoms with Gasteiger partial charge in [-0.3, -0.25) is 4.79 Å². The highest BCUT2D eigenvalue weighted by molar-refractivity contribution is 9.10. The highest BCUT2D eigenvalue weighted by atomic mass is 79.9. The number of oxazole rings is 1. The lowest BCUT2D eigenvalue weighted by Crippen LogP contribution is -2.45. The van der Waals surface area contributed by atoms with Gasteiger partial charge in [0, 0.05) is 18.9 Å². The molecule has 1 fully saturated rings. The molecule has 1 amide bonds. The van der Waals surface area contributed by atoms with Crippen LogP contribution >= 0.6 is 27.7 Å². The molecule has 0 bridgehead atoms. The van der Waals surface area contributed by atoms with Crippen molar-refractivity contribution in [1.82, 2.24) is 19.9 Å². The standard InChI is InChI=1S/C18H17BrN4O3S/c19-12-8-20-17(21-9-12)25-13-4-3-7-23(10-13)16(24)11-27-18-22-14-5-1-2-6-15(14)26-18/h1-2,5-6,8-9,13H,3-4,7,10-11H2/t13-/m0/s1. The number of ether oxygens (including phenoxy) is 1. The number of aromatic nitrogens is 3. The van der Waals surface area contributed by atoms with E-state index in [2.05, 4.69) is 30.9 Å². The van der Waals surface area contributed by atoms with Crippen molar-refractivity contribution < 1.29 is 13.9 Å². The second-order valence-corrected chi connectivity index (χ2v) is 7.98. The first kappa shape index (κ1) is 18.2. The van der Waals surface area contributed by atoms with Gasteiger partial charge in [-0.2, -0.15) is 0 Å². The summed E-state index contributed by atoms with van der Waals surface area (Å²) in [6.45, 7) is 1.26. The number of carbonyl (C=O) groups is 1. The summed E-state index contributed by atoms with van der Waals surface area (Å²) >= 11 is 4.61. The highest BCUT2D eigenvalue weighted by Crippen LogP contribution is 2.24. The molecule has 0 aliphatic carbocycles. The molecule has 0 spiro atoms. The van der Waals surface area contributed by atoms with Gasteiger partial charge >= 0.3 is 6.01 Å². The Bertz CT molecular complexity index is 901. The molecule has 7 nitrogen and oxygen atoms in total. The topological polar surface area (TPSA) is 81.4 Å². The van der Waals surface area contributed by atoms with E-state index in [9.17, 15) is 4.79 Å². The Hall–Kier alpha value is -2.13. The molecule has 1 aliphatic rings. The average Bonchev–Trinajstić information content (AvgIpc) is 3.11. The Morgan fingerprint density at radius 2 is 2.15 bits per heavy atom. The van der Waals surface area contributed by atoms with Crippen LogP contribution in [0.25, 0.3) is 11.1 Å². The van der Waals surface area contributed by atoms with Gasteiger partial charge in [-0.25, -0.2) is 15.0 Å². The summed E-state index contributed by atoms with van der Waals surface area (Å²) in [4.78, 5) is 27.0. The van der Waals surface area contributed by atoms with Crippen LogP contribution in [0.1, 0.15) is 12.8 Å². The summed E-state index contributed by atoms with van der Waals surface area (Å²) in [7, 11) is 0. The molecule has 4 rings (SSSR count). The number of piperidine rings is 1. The zero-order valence-electron chi connectivity index (χ0n) is 14.4. The summed E-state index contributed by atoms with van der Waals surface area (Å²) in [5, 5.41) is 0.512. The summed E-state index contributed by atoms with van der Waals surface area (Å²) < 4.78 is 12.3. The van der Waals surface area contributed by atoms with Gasteiger partial charge in [0.1, 0.15) is 11.6 Å².